The number of carbonyl (C=O) groups excluding carboxylic acids is 2. The minimum absolute atomic E-state index is 0.0384. The summed E-state index contributed by atoms with van der Waals surface area (Å²) >= 11 is 0. The highest BCUT2D eigenvalue weighted by Gasteiger charge is 2.84. The summed E-state index contributed by atoms with van der Waals surface area (Å²) in [5, 5.41) is 21.6. The third-order valence-electron chi connectivity index (χ3n) is 9.07. The Kier molecular flexibility index (Phi) is 4.69. The highest BCUT2D eigenvalue weighted by atomic mass is 16.6. The summed E-state index contributed by atoms with van der Waals surface area (Å²) < 4.78 is 25.5. The minimum atomic E-state index is -1.50. The first-order chi connectivity index (χ1) is 17.1. The van der Waals surface area contributed by atoms with Crippen molar-refractivity contribution in [2.45, 2.75) is 94.9 Å². The van der Waals surface area contributed by atoms with Gasteiger partial charge in [0, 0.05) is 43.1 Å². The number of ether oxygens (including phenoxy) is 4. The Morgan fingerprint density at radius 2 is 1.97 bits per heavy atom. The molecule has 1 spiro atoms. The van der Waals surface area contributed by atoms with Crippen molar-refractivity contribution in [3.05, 3.63) is 40.5 Å². The maximum Gasteiger partial charge on any atom is 0.205 e. The van der Waals surface area contributed by atoms with Gasteiger partial charge in [-0.3, -0.25) is 9.59 Å². The second kappa shape index (κ2) is 7.04. The van der Waals surface area contributed by atoms with Gasteiger partial charge >= 0.3 is 0 Å². The number of allylic oxidation sites excluding steroid dienone is 1. The molecule has 1 saturated heterocycles. The van der Waals surface area contributed by atoms with Crippen LogP contribution in [0.15, 0.2) is 29.4 Å². The molecule has 4 bridgehead atoms. The molecule has 7 rings (SSSR count). The van der Waals surface area contributed by atoms with E-state index in [1.165, 1.54) is 13.2 Å². The first kappa shape index (κ1) is 24.6. The zero-order valence-electron chi connectivity index (χ0n) is 22.4. The lowest BCUT2D eigenvalue weighted by molar-refractivity contribution is -0.189. The van der Waals surface area contributed by atoms with Crippen molar-refractivity contribution >= 4 is 11.6 Å². The highest BCUT2D eigenvalue weighted by molar-refractivity contribution is 6.19. The fourth-order valence-electron chi connectivity index (χ4n) is 7.25. The SMILES string of the molecule is CO[C@]12C=C3C(=O)c4c(O)cc5c(c4O[C@]34[C@@H](C1)C(C)(C)O[C@]4(CC=C(C)C)C2=O)C[C@@H](C(C)(C)O)O5. The molecule has 198 valence electrons. The normalized spacial score (nSPS) is 36.3. The number of methoxy groups -OCH3 is 1. The van der Waals surface area contributed by atoms with E-state index in [9.17, 15) is 19.8 Å². The molecule has 3 aliphatic carbocycles. The predicted octanol–water partition coefficient (Wildman–Crippen LogP) is 3.60. The molecule has 37 heavy (non-hydrogen) atoms. The Balaban J connectivity index is 1.64. The van der Waals surface area contributed by atoms with Crippen LogP contribution in [0.1, 0.15) is 70.3 Å². The van der Waals surface area contributed by atoms with Gasteiger partial charge in [0.1, 0.15) is 34.5 Å². The van der Waals surface area contributed by atoms with Gasteiger partial charge in [0.15, 0.2) is 17.0 Å². The Hall–Kier alpha value is -2.68. The van der Waals surface area contributed by atoms with Crippen LogP contribution in [0.5, 0.6) is 17.2 Å². The van der Waals surface area contributed by atoms with Crippen molar-refractivity contribution < 1.29 is 38.7 Å². The van der Waals surface area contributed by atoms with Gasteiger partial charge < -0.3 is 29.2 Å². The van der Waals surface area contributed by atoms with Gasteiger partial charge in [-0.05, 0) is 54.0 Å². The van der Waals surface area contributed by atoms with Crippen LogP contribution in [0, 0.1) is 5.92 Å². The first-order valence-electron chi connectivity index (χ1n) is 12.8. The van der Waals surface area contributed by atoms with Crippen LogP contribution in [-0.2, 0) is 20.7 Å². The average Bonchev–Trinajstić information content (AvgIpc) is 3.30. The topological polar surface area (TPSA) is 112 Å². The molecule has 2 N–H and O–H groups in total. The molecule has 0 aromatic heterocycles. The summed E-state index contributed by atoms with van der Waals surface area (Å²) in [5.41, 5.74) is -4.28. The summed E-state index contributed by atoms with van der Waals surface area (Å²) in [7, 11) is 1.48. The molecule has 5 atom stereocenters. The van der Waals surface area contributed by atoms with Gasteiger partial charge in [-0.2, -0.15) is 0 Å². The second-order valence-corrected chi connectivity index (χ2v) is 12.5. The number of rotatable bonds is 4. The number of phenols is 1. The van der Waals surface area contributed by atoms with Crippen LogP contribution in [0.3, 0.4) is 0 Å². The largest absolute Gasteiger partial charge is 0.507 e. The average molecular weight is 511 g/mol. The molecule has 0 amide bonds. The van der Waals surface area contributed by atoms with Crippen LogP contribution in [0.2, 0.25) is 0 Å². The molecular formula is C29H34O8. The maximum atomic E-state index is 14.4. The van der Waals surface area contributed by atoms with Gasteiger partial charge in [-0.1, -0.05) is 11.6 Å². The van der Waals surface area contributed by atoms with Crippen molar-refractivity contribution in [3.8, 4) is 17.2 Å². The molecule has 8 nitrogen and oxygen atoms in total. The van der Waals surface area contributed by atoms with Crippen molar-refractivity contribution in [1.82, 2.24) is 0 Å². The van der Waals surface area contributed by atoms with Crippen LogP contribution < -0.4 is 9.47 Å². The maximum absolute atomic E-state index is 14.4. The summed E-state index contributed by atoms with van der Waals surface area (Å²) in [5.74, 6) is -0.757. The van der Waals surface area contributed by atoms with E-state index < -0.39 is 39.9 Å². The van der Waals surface area contributed by atoms with Crippen LogP contribution >= 0.6 is 0 Å². The van der Waals surface area contributed by atoms with Crippen molar-refractivity contribution in [3.63, 3.8) is 0 Å². The minimum Gasteiger partial charge on any atom is -0.507 e. The summed E-state index contributed by atoms with van der Waals surface area (Å²) in [6.45, 7) is 11.0. The molecule has 0 unspecified atom stereocenters. The van der Waals surface area contributed by atoms with Crippen LogP contribution in [0.4, 0.5) is 0 Å². The van der Waals surface area contributed by atoms with E-state index in [1.54, 1.807) is 19.9 Å². The smallest absolute Gasteiger partial charge is 0.205 e. The lowest BCUT2D eigenvalue weighted by Crippen LogP contribution is -2.77. The second-order valence-electron chi connectivity index (χ2n) is 12.5. The van der Waals surface area contributed by atoms with Crippen LogP contribution in [0.25, 0.3) is 0 Å². The Morgan fingerprint density at radius 1 is 1.27 bits per heavy atom. The van der Waals surface area contributed by atoms with E-state index in [-0.39, 0.29) is 41.6 Å². The number of fused-ring (bicyclic) bond motifs is 3. The predicted molar refractivity (Wildman–Crippen MR) is 133 cm³/mol. The number of Topliss-reactive ketones (excluding diaryl/α,β-unsaturated/α-hetero) is 2. The van der Waals surface area contributed by atoms with Gasteiger partial charge in [-0.25, -0.2) is 0 Å². The summed E-state index contributed by atoms with van der Waals surface area (Å²) in [6, 6.07) is 1.41. The number of phenolic OH excluding ortho intramolecular Hbond substituents is 1. The van der Waals surface area contributed by atoms with Crippen molar-refractivity contribution in [1.29, 1.82) is 0 Å². The molecule has 3 aliphatic heterocycles. The van der Waals surface area contributed by atoms with Crippen molar-refractivity contribution in [2.75, 3.05) is 7.11 Å². The van der Waals surface area contributed by atoms with Crippen molar-refractivity contribution in [2.24, 2.45) is 5.92 Å². The zero-order valence-corrected chi connectivity index (χ0v) is 22.4. The van der Waals surface area contributed by atoms with Gasteiger partial charge in [0.2, 0.25) is 5.78 Å². The standard InChI is InChI=1S/C29H34O8/c1-14(2)8-9-28-24(32)27(34-7)12-16-22(31)21-17(30)11-18-15(10-20(35-18)25(3,4)33)23(21)36-29(16,28)19(13-27)26(5,6)37-28/h8,11-12,19-20,30,33H,9-10,13H2,1-7H3/t19-,20-,27+,28+,29-/m0/s1. The molecule has 6 aliphatic rings. The number of ketones is 2. The van der Waals surface area contributed by atoms with E-state index in [4.69, 9.17) is 18.9 Å². The number of carbonyl (C=O) groups is 2. The lowest BCUT2D eigenvalue weighted by Gasteiger charge is -2.59. The van der Waals surface area contributed by atoms with E-state index in [0.29, 0.717) is 23.3 Å². The van der Waals surface area contributed by atoms with E-state index in [0.717, 1.165) is 5.57 Å². The van der Waals surface area contributed by atoms with Gasteiger partial charge in [0.25, 0.3) is 0 Å². The zero-order chi connectivity index (χ0) is 26.9. The molecule has 8 heteroatoms. The quantitative estimate of drug-likeness (QED) is 0.591. The summed E-state index contributed by atoms with van der Waals surface area (Å²) in [6.07, 6.45) is 3.76. The Bertz CT molecular complexity index is 1330. The molecule has 2 fully saturated rings. The third-order valence-corrected chi connectivity index (χ3v) is 9.07. The highest BCUT2D eigenvalue weighted by Crippen LogP contribution is 2.69. The fourth-order valence-corrected chi connectivity index (χ4v) is 7.25. The Labute approximate surface area is 216 Å². The fraction of sp³-hybridized carbons (Fsp3) is 0.586. The van der Waals surface area contributed by atoms with E-state index >= 15 is 0 Å². The van der Waals surface area contributed by atoms with Crippen LogP contribution in [-0.4, -0.2) is 63.0 Å². The lowest BCUT2D eigenvalue weighted by atomic mass is 9.49. The van der Waals surface area contributed by atoms with E-state index in [2.05, 4.69) is 0 Å². The first-order valence-corrected chi connectivity index (χ1v) is 12.8. The number of hydrogen-bond acceptors (Lipinski definition) is 8. The number of aliphatic hydroxyl groups is 1. The molecule has 3 heterocycles. The Morgan fingerprint density at radius 3 is 2.59 bits per heavy atom. The van der Waals surface area contributed by atoms with Gasteiger partial charge in [0.05, 0.1) is 11.2 Å². The number of aromatic hydroxyl groups is 1. The number of hydrogen-bond donors (Lipinski definition) is 2. The molecular weight excluding hydrogens is 476 g/mol. The van der Waals surface area contributed by atoms with Gasteiger partial charge in [-0.15, -0.1) is 0 Å². The monoisotopic (exact) mass is 510 g/mol. The molecule has 1 saturated carbocycles. The molecule has 1 aromatic rings. The molecule has 0 radical (unpaired) electrons. The third kappa shape index (κ3) is 2.79. The number of benzene rings is 1. The summed E-state index contributed by atoms with van der Waals surface area (Å²) in [4.78, 5) is 28.6. The van der Waals surface area contributed by atoms with E-state index in [1.807, 2.05) is 33.8 Å². The molecule has 1 aromatic carbocycles.